The van der Waals surface area contributed by atoms with Crippen molar-refractivity contribution >= 4 is 0 Å². The van der Waals surface area contributed by atoms with Crippen molar-refractivity contribution in [2.75, 3.05) is 26.2 Å². The van der Waals surface area contributed by atoms with Crippen LogP contribution in [0.25, 0.3) is 0 Å². The van der Waals surface area contributed by atoms with Crippen molar-refractivity contribution in [2.45, 2.75) is 69.6 Å². The highest BCUT2D eigenvalue weighted by molar-refractivity contribution is 5.05. The Kier molecular flexibility index (Phi) is 3.41. The fraction of sp³-hybridized carbons (Fsp3) is 1.00. The second-order valence-electron chi connectivity index (χ2n) is 7.30. The lowest BCUT2D eigenvalue weighted by Gasteiger charge is -2.50. The summed E-state index contributed by atoms with van der Waals surface area (Å²) in [6.45, 7) is 9.23. The molecule has 3 nitrogen and oxygen atoms in total. The van der Waals surface area contributed by atoms with Gasteiger partial charge in [0.05, 0.1) is 6.10 Å². The summed E-state index contributed by atoms with van der Waals surface area (Å²) in [5.41, 5.74) is 0.654. The van der Waals surface area contributed by atoms with Crippen molar-refractivity contribution in [1.29, 1.82) is 0 Å². The van der Waals surface area contributed by atoms with Crippen molar-refractivity contribution in [2.24, 2.45) is 0 Å². The number of ether oxygens (including phenoxy) is 1. The van der Waals surface area contributed by atoms with E-state index in [0.29, 0.717) is 11.6 Å². The number of rotatable bonds is 2. The molecule has 0 aromatic heterocycles. The molecule has 0 radical (unpaired) electrons. The molecule has 0 aromatic rings. The van der Waals surface area contributed by atoms with Gasteiger partial charge in [0.2, 0.25) is 0 Å². The molecular weight excluding hydrogens is 224 g/mol. The molecule has 3 aliphatic rings. The van der Waals surface area contributed by atoms with Crippen LogP contribution in [0.3, 0.4) is 0 Å². The van der Waals surface area contributed by atoms with Crippen molar-refractivity contribution in [1.82, 2.24) is 10.2 Å². The molecule has 2 aliphatic heterocycles. The van der Waals surface area contributed by atoms with Gasteiger partial charge in [0.25, 0.3) is 0 Å². The van der Waals surface area contributed by atoms with E-state index in [0.717, 1.165) is 19.7 Å². The Balaban J connectivity index is 1.66. The van der Waals surface area contributed by atoms with Crippen LogP contribution in [0.5, 0.6) is 0 Å². The number of hydrogen-bond acceptors (Lipinski definition) is 3. The standard InChI is InChI=1S/C15H28N2O/c1-14(2)11-17(10-13-6-5-9-18-13)12-15(16-14)7-3-4-8-15/h13,16H,3-12H2,1-2H3. The van der Waals surface area contributed by atoms with E-state index in [2.05, 4.69) is 24.1 Å². The molecule has 1 spiro atoms. The minimum atomic E-state index is 0.251. The van der Waals surface area contributed by atoms with Crippen LogP contribution in [0.2, 0.25) is 0 Å². The maximum Gasteiger partial charge on any atom is 0.0702 e. The third-order valence-corrected chi connectivity index (χ3v) is 4.80. The summed E-state index contributed by atoms with van der Waals surface area (Å²) >= 11 is 0. The summed E-state index contributed by atoms with van der Waals surface area (Å²) < 4.78 is 5.81. The zero-order valence-corrected chi connectivity index (χ0v) is 12.0. The third kappa shape index (κ3) is 2.73. The largest absolute Gasteiger partial charge is 0.377 e. The lowest BCUT2D eigenvalue weighted by atomic mass is 9.87. The Hall–Kier alpha value is -0.120. The van der Waals surface area contributed by atoms with Gasteiger partial charge in [0.15, 0.2) is 0 Å². The van der Waals surface area contributed by atoms with E-state index in [1.165, 1.54) is 45.1 Å². The molecule has 1 atom stereocenters. The highest BCUT2D eigenvalue weighted by atomic mass is 16.5. The van der Waals surface area contributed by atoms with E-state index in [1.807, 2.05) is 0 Å². The van der Waals surface area contributed by atoms with Crippen LogP contribution in [0.15, 0.2) is 0 Å². The number of nitrogens with one attached hydrogen (secondary N) is 1. The Labute approximate surface area is 111 Å². The third-order valence-electron chi connectivity index (χ3n) is 4.80. The Morgan fingerprint density at radius 2 is 1.94 bits per heavy atom. The molecule has 2 saturated heterocycles. The highest BCUT2D eigenvalue weighted by Gasteiger charge is 2.44. The van der Waals surface area contributed by atoms with Gasteiger partial charge in [0.1, 0.15) is 0 Å². The van der Waals surface area contributed by atoms with Crippen LogP contribution in [0.4, 0.5) is 0 Å². The number of nitrogens with zero attached hydrogens (tertiary/aromatic N) is 1. The second-order valence-corrected chi connectivity index (χ2v) is 7.30. The van der Waals surface area contributed by atoms with Gasteiger partial charge in [-0.15, -0.1) is 0 Å². The summed E-state index contributed by atoms with van der Waals surface area (Å²) in [7, 11) is 0. The minimum Gasteiger partial charge on any atom is -0.377 e. The first-order valence-electron chi connectivity index (χ1n) is 7.70. The molecule has 1 saturated carbocycles. The Morgan fingerprint density at radius 3 is 2.61 bits per heavy atom. The van der Waals surface area contributed by atoms with Crippen LogP contribution in [0.1, 0.15) is 52.4 Å². The molecule has 2 heterocycles. The van der Waals surface area contributed by atoms with E-state index >= 15 is 0 Å². The van der Waals surface area contributed by atoms with Crippen LogP contribution in [-0.2, 0) is 4.74 Å². The quantitative estimate of drug-likeness (QED) is 0.815. The Morgan fingerprint density at radius 1 is 1.17 bits per heavy atom. The van der Waals surface area contributed by atoms with E-state index in [9.17, 15) is 0 Å². The van der Waals surface area contributed by atoms with Crippen molar-refractivity contribution in [3.05, 3.63) is 0 Å². The molecule has 0 bridgehead atoms. The van der Waals surface area contributed by atoms with E-state index in [4.69, 9.17) is 4.74 Å². The normalized spacial score (nSPS) is 35.3. The maximum absolute atomic E-state index is 5.81. The Bertz CT molecular complexity index is 291. The predicted octanol–water partition coefficient (Wildman–Crippen LogP) is 2.16. The fourth-order valence-corrected chi connectivity index (χ4v) is 4.38. The molecule has 3 rings (SSSR count). The van der Waals surface area contributed by atoms with Gasteiger partial charge < -0.3 is 10.1 Å². The van der Waals surface area contributed by atoms with E-state index < -0.39 is 0 Å². The van der Waals surface area contributed by atoms with Gasteiger partial charge in [-0.05, 0) is 39.5 Å². The second kappa shape index (κ2) is 4.77. The lowest BCUT2D eigenvalue weighted by Crippen LogP contribution is -2.68. The molecule has 1 unspecified atom stereocenters. The highest BCUT2D eigenvalue weighted by Crippen LogP contribution is 2.35. The average molecular weight is 252 g/mol. The first-order valence-corrected chi connectivity index (χ1v) is 7.70. The molecular formula is C15H28N2O. The van der Waals surface area contributed by atoms with Crippen LogP contribution < -0.4 is 5.32 Å². The predicted molar refractivity (Wildman–Crippen MR) is 73.8 cm³/mol. The first kappa shape index (κ1) is 12.9. The monoisotopic (exact) mass is 252 g/mol. The van der Waals surface area contributed by atoms with E-state index in [1.54, 1.807) is 0 Å². The molecule has 104 valence electrons. The molecule has 1 N–H and O–H groups in total. The van der Waals surface area contributed by atoms with Gasteiger partial charge >= 0.3 is 0 Å². The lowest BCUT2D eigenvalue weighted by molar-refractivity contribution is 0.0167. The average Bonchev–Trinajstić information content (AvgIpc) is 2.88. The molecule has 0 aromatic carbocycles. The summed E-state index contributed by atoms with van der Waals surface area (Å²) in [5, 5.41) is 3.94. The van der Waals surface area contributed by atoms with Crippen LogP contribution >= 0.6 is 0 Å². The molecule has 3 fully saturated rings. The minimum absolute atomic E-state index is 0.251. The van der Waals surface area contributed by atoms with E-state index in [-0.39, 0.29) is 5.54 Å². The van der Waals surface area contributed by atoms with Crippen LogP contribution in [-0.4, -0.2) is 48.3 Å². The fourth-order valence-electron chi connectivity index (χ4n) is 4.38. The molecule has 0 amide bonds. The summed E-state index contributed by atoms with van der Waals surface area (Å²) in [6, 6.07) is 0. The number of piperazine rings is 1. The van der Waals surface area contributed by atoms with Crippen molar-refractivity contribution in [3.8, 4) is 0 Å². The van der Waals surface area contributed by atoms with Crippen molar-refractivity contribution in [3.63, 3.8) is 0 Å². The van der Waals surface area contributed by atoms with Gasteiger partial charge in [-0.25, -0.2) is 0 Å². The molecule has 18 heavy (non-hydrogen) atoms. The maximum atomic E-state index is 5.81. The van der Waals surface area contributed by atoms with Crippen LogP contribution in [0, 0.1) is 0 Å². The van der Waals surface area contributed by atoms with Gasteiger partial charge in [0, 0.05) is 37.3 Å². The zero-order chi connectivity index (χ0) is 12.6. The summed E-state index contributed by atoms with van der Waals surface area (Å²) in [5.74, 6) is 0. The zero-order valence-electron chi connectivity index (χ0n) is 12.0. The topological polar surface area (TPSA) is 24.5 Å². The summed E-state index contributed by atoms with van der Waals surface area (Å²) in [4.78, 5) is 2.66. The summed E-state index contributed by atoms with van der Waals surface area (Å²) in [6.07, 6.45) is 8.53. The van der Waals surface area contributed by atoms with Crippen molar-refractivity contribution < 1.29 is 4.74 Å². The van der Waals surface area contributed by atoms with Gasteiger partial charge in [-0.1, -0.05) is 12.8 Å². The molecule has 1 aliphatic carbocycles. The SMILES string of the molecule is CC1(C)CN(CC2CCCO2)CC2(CCCC2)N1. The number of hydrogen-bond donors (Lipinski definition) is 1. The smallest absolute Gasteiger partial charge is 0.0702 e. The molecule has 3 heteroatoms. The van der Waals surface area contributed by atoms with Gasteiger partial charge in [-0.2, -0.15) is 0 Å². The van der Waals surface area contributed by atoms with Gasteiger partial charge in [-0.3, -0.25) is 4.90 Å². The first-order chi connectivity index (χ1) is 8.57.